The average Bonchev–Trinajstić information content (AvgIpc) is 2.94. The summed E-state index contributed by atoms with van der Waals surface area (Å²) in [6, 6.07) is 4.28. The topological polar surface area (TPSA) is 74.7 Å². The van der Waals surface area contributed by atoms with E-state index in [0.29, 0.717) is 6.04 Å². The lowest BCUT2D eigenvalue weighted by Crippen LogP contribution is -2.44. The van der Waals surface area contributed by atoms with E-state index < -0.39 is 0 Å². The highest BCUT2D eigenvalue weighted by atomic mass is 16.4. The van der Waals surface area contributed by atoms with Crippen molar-refractivity contribution in [3.8, 4) is 0 Å². The van der Waals surface area contributed by atoms with Crippen molar-refractivity contribution in [1.82, 2.24) is 4.98 Å². The maximum Gasteiger partial charge on any atom is 0.173 e. The van der Waals surface area contributed by atoms with E-state index in [2.05, 4.69) is 15.0 Å². The zero-order chi connectivity index (χ0) is 13.2. The van der Waals surface area contributed by atoms with Crippen molar-refractivity contribution >= 4 is 11.7 Å². The Balaban J connectivity index is 1.97. The summed E-state index contributed by atoms with van der Waals surface area (Å²) >= 11 is 0. The molecule has 0 spiro atoms. The van der Waals surface area contributed by atoms with Crippen LogP contribution in [0.3, 0.4) is 0 Å². The summed E-state index contributed by atoms with van der Waals surface area (Å²) < 4.78 is 0. The second-order valence-corrected chi connectivity index (χ2v) is 5.45. The Hall–Kier alpha value is -1.78. The first-order valence-corrected chi connectivity index (χ1v) is 7.01. The van der Waals surface area contributed by atoms with Gasteiger partial charge in [-0.2, -0.15) is 0 Å². The van der Waals surface area contributed by atoms with Gasteiger partial charge >= 0.3 is 0 Å². The number of rotatable bonds is 2. The number of pyridine rings is 1. The van der Waals surface area contributed by atoms with Gasteiger partial charge < -0.3 is 15.8 Å². The molecule has 3 rings (SSSR count). The quantitative estimate of drug-likeness (QED) is 0.369. The molecule has 1 aromatic heterocycles. The summed E-state index contributed by atoms with van der Waals surface area (Å²) in [4.78, 5) is 6.86. The van der Waals surface area contributed by atoms with Gasteiger partial charge in [0.15, 0.2) is 5.84 Å². The standard InChI is InChI=1S/C14H20N4O/c15-13(17-19)11-6-2-8-16-14(11)18-9-3-5-10-4-1-7-12(10)18/h2,6,8,10,12,19H,1,3-5,7,9H2,(H2,15,17). The molecule has 2 unspecified atom stereocenters. The van der Waals surface area contributed by atoms with Gasteiger partial charge in [-0.05, 0) is 43.7 Å². The normalized spacial score (nSPS) is 27.4. The molecule has 1 saturated carbocycles. The molecule has 1 aromatic rings. The Morgan fingerprint density at radius 2 is 2.21 bits per heavy atom. The van der Waals surface area contributed by atoms with Crippen LogP contribution in [0.4, 0.5) is 5.82 Å². The van der Waals surface area contributed by atoms with Gasteiger partial charge in [-0.1, -0.05) is 11.6 Å². The van der Waals surface area contributed by atoms with E-state index in [0.717, 1.165) is 23.8 Å². The lowest BCUT2D eigenvalue weighted by atomic mass is 9.91. The van der Waals surface area contributed by atoms with Gasteiger partial charge in [0.05, 0.1) is 5.56 Å². The van der Waals surface area contributed by atoms with Crippen LogP contribution in [-0.4, -0.2) is 28.6 Å². The minimum absolute atomic E-state index is 0.142. The molecule has 0 bridgehead atoms. The van der Waals surface area contributed by atoms with E-state index in [9.17, 15) is 0 Å². The molecule has 5 heteroatoms. The Labute approximate surface area is 113 Å². The second-order valence-electron chi connectivity index (χ2n) is 5.45. The number of piperidine rings is 1. The van der Waals surface area contributed by atoms with Gasteiger partial charge in [0.1, 0.15) is 5.82 Å². The Morgan fingerprint density at radius 3 is 3.05 bits per heavy atom. The van der Waals surface area contributed by atoms with E-state index in [1.807, 2.05) is 12.1 Å². The van der Waals surface area contributed by atoms with Crippen LogP contribution in [0, 0.1) is 5.92 Å². The number of nitrogens with two attached hydrogens (primary N) is 1. The number of aromatic nitrogens is 1. The third kappa shape index (κ3) is 2.13. The monoisotopic (exact) mass is 260 g/mol. The van der Waals surface area contributed by atoms with Crippen LogP contribution in [0.5, 0.6) is 0 Å². The van der Waals surface area contributed by atoms with Gasteiger partial charge in [0, 0.05) is 18.8 Å². The smallest absolute Gasteiger partial charge is 0.173 e. The first-order valence-electron chi connectivity index (χ1n) is 7.01. The van der Waals surface area contributed by atoms with E-state index in [4.69, 9.17) is 10.9 Å². The molecule has 0 amide bonds. The van der Waals surface area contributed by atoms with Crippen LogP contribution in [0.15, 0.2) is 23.5 Å². The predicted molar refractivity (Wildman–Crippen MR) is 74.5 cm³/mol. The molecule has 2 aliphatic rings. The number of oxime groups is 1. The summed E-state index contributed by atoms with van der Waals surface area (Å²) in [6.07, 6.45) is 8.17. The number of hydrogen-bond acceptors (Lipinski definition) is 4. The van der Waals surface area contributed by atoms with Crippen molar-refractivity contribution in [2.24, 2.45) is 16.8 Å². The largest absolute Gasteiger partial charge is 0.409 e. The van der Waals surface area contributed by atoms with Gasteiger partial charge in [-0.25, -0.2) is 4.98 Å². The molecule has 5 nitrogen and oxygen atoms in total. The molecule has 3 N–H and O–H groups in total. The fraction of sp³-hybridized carbons (Fsp3) is 0.571. The van der Waals surface area contributed by atoms with E-state index >= 15 is 0 Å². The Bertz CT molecular complexity index is 488. The molecule has 19 heavy (non-hydrogen) atoms. The van der Waals surface area contributed by atoms with E-state index in [-0.39, 0.29) is 5.84 Å². The van der Waals surface area contributed by atoms with Crippen LogP contribution >= 0.6 is 0 Å². The molecule has 0 radical (unpaired) electrons. The molecule has 1 aliphatic heterocycles. The molecule has 2 fully saturated rings. The first-order chi connectivity index (χ1) is 9.31. The fourth-order valence-electron chi connectivity index (χ4n) is 3.60. The van der Waals surface area contributed by atoms with Gasteiger partial charge in [0.2, 0.25) is 0 Å². The first kappa shape index (κ1) is 12.3. The minimum Gasteiger partial charge on any atom is -0.409 e. The number of anilines is 1. The molecule has 2 heterocycles. The summed E-state index contributed by atoms with van der Waals surface area (Å²) in [6.45, 7) is 1.02. The van der Waals surface area contributed by atoms with Crippen molar-refractivity contribution in [3.05, 3.63) is 23.9 Å². The Morgan fingerprint density at radius 1 is 1.37 bits per heavy atom. The van der Waals surface area contributed by atoms with Crippen LogP contribution in [0.25, 0.3) is 0 Å². The lowest BCUT2D eigenvalue weighted by Gasteiger charge is -2.39. The third-order valence-electron chi connectivity index (χ3n) is 4.44. The molecular formula is C14H20N4O. The van der Waals surface area contributed by atoms with Crippen LogP contribution < -0.4 is 10.6 Å². The molecule has 0 aromatic carbocycles. The van der Waals surface area contributed by atoms with Crippen LogP contribution in [0.1, 0.15) is 37.7 Å². The van der Waals surface area contributed by atoms with Crippen LogP contribution in [-0.2, 0) is 0 Å². The zero-order valence-electron chi connectivity index (χ0n) is 11.0. The molecule has 1 aliphatic carbocycles. The number of fused-ring (bicyclic) bond motifs is 1. The van der Waals surface area contributed by atoms with Crippen molar-refractivity contribution in [3.63, 3.8) is 0 Å². The fourth-order valence-corrected chi connectivity index (χ4v) is 3.60. The van der Waals surface area contributed by atoms with Crippen molar-refractivity contribution in [2.45, 2.75) is 38.1 Å². The lowest BCUT2D eigenvalue weighted by molar-refractivity contribution is 0.318. The van der Waals surface area contributed by atoms with Crippen molar-refractivity contribution < 1.29 is 5.21 Å². The highest BCUT2D eigenvalue weighted by Gasteiger charge is 2.36. The molecule has 2 atom stereocenters. The number of hydrogen-bond donors (Lipinski definition) is 2. The number of amidine groups is 1. The summed E-state index contributed by atoms with van der Waals surface area (Å²) in [5.41, 5.74) is 6.51. The summed E-state index contributed by atoms with van der Waals surface area (Å²) in [5, 5.41) is 12.0. The second kappa shape index (κ2) is 5.07. The SMILES string of the molecule is NC(=NO)c1cccnc1N1CCCC2CCCC21. The predicted octanol–water partition coefficient (Wildman–Crippen LogP) is 1.95. The third-order valence-corrected chi connectivity index (χ3v) is 4.44. The maximum absolute atomic E-state index is 8.92. The van der Waals surface area contributed by atoms with Gasteiger partial charge in [-0.15, -0.1) is 0 Å². The zero-order valence-corrected chi connectivity index (χ0v) is 11.0. The van der Waals surface area contributed by atoms with Crippen molar-refractivity contribution in [2.75, 3.05) is 11.4 Å². The minimum atomic E-state index is 0.142. The van der Waals surface area contributed by atoms with Gasteiger partial charge in [0.25, 0.3) is 0 Å². The molecule has 1 saturated heterocycles. The average molecular weight is 260 g/mol. The molecular weight excluding hydrogens is 240 g/mol. The van der Waals surface area contributed by atoms with Crippen LogP contribution in [0.2, 0.25) is 0 Å². The van der Waals surface area contributed by atoms with Gasteiger partial charge in [-0.3, -0.25) is 0 Å². The van der Waals surface area contributed by atoms with E-state index in [1.165, 1.54) is 32.1 Å². The number of nitrogens with zero attached hydrogens (tertiary/aromatic N) is 3. The highest BCUT2D eigenvalue weighted by Crippen LogP contribution is 2.39. The maximum atomic E-state index is 8.92. The van der Waals surface area contributed by atoms with Crippen molar-refractivity contribution in [1.29, 1.82) is 0 Å². The molecule has 102 valence electrons. The van der Waals surface area contributed by atoms with E-state index in [1.54, 1.807) is 6.20 Å². The highest BCUT2D eigenvalue weighted by molar-refractivity contribution is 6.01. The summed E-state index contributed by atoms with van der Waals surface area (Å²) in [7, 11) is 0. The Kier molecular flexibility index (Phi) is 3.27. The summed E-state index contributed by atoms with van der Waals surface area (Å²) in [5.74, 6) is 1.80.